The Morgan fingerprint density at radius 2 is 1.63 bits per heavy atom. The predicted octanol–water partition coefficient (Wildman–Crippen LogP) is 3.29. The van der Waals surface area contributed by atoms with Gasteiger partial charge in [0.2, 0.25) is 15.9 Å². The monoisotopic (exact) mass is 390 g/mol. The van der Waals surface area contributed by atoms with Gasteiger partial charge in [-0.3, -0.25) is 9.10 Å². The summed E-state index contributed by atoms with van der Waals surface area (Å²) < 4.78 is 31.7. The van der Waals surface area contributed by atoms with Gasteiger partial charge in [-0.2, -0.15) is 0 Å². The number of hydrogen-bond acceptors (Lipinski definition) is 4. The standard InChI is InChI=1S/C20H26N2O4S/c1-16(2)26-19-13-9-8-12-18(19)22(27(4,24)25)15-14-20(23)21(3)17-10-6-5-7-11-17/h5-13,16H,14-15H2,1-4H3. The third-order valence-electron chi connectivity index (χ3n) is 3.94. The fourth-order valence-corrected chi connectivity index (χ4v) is 3.57. The molecule has 0 aromatic heterocycles. The van der Waals surface area contributed by atoms with Crippen LogP contribution >= 0.6 is 0 Å². The van der Waals surface area contributed by atoms with Gasteiger partial charge in [0.15, 0.2) is 0 Å². The van der Waals surface area contributed by atoms with Crippen molar-refractivity contribution < 1.29 is 17.9 Å². The van der Waals surface area contributed by atoms with Gasteiger partial charge in [-0.25, -0.2) is 8.42 Å². The van der Waals surface area contributed by atoms with Crippen molar-refractivity contribution in [2.75, 3.05) is 29.1 Å². The van der Waals surface area contributed by atoms with Gasteiger partial charge in [0, 0.05) is 25.7 Å². The summed E-state index contributed by atoms with van der Waals surface area (Å²) in [7, 11) is -1.90. The van der Waals surface area contributed by atoms with Gasteiger partial charge in [-0.1, -0.05) is 30.3 Å². The molecule has 0 radical (unpaired) electrons. The molecule has 0 aliphatic carbocycles. The second kappa shape index (κ2) is 8.90. The normalized spacial score (nSPS) is 11.3. The van der Waals surface area contributed by atoms with Gasteiger partial charge in [0.05, 0.1) is 18.0 Å². The summed E-state index contributed by atoms with van der Waals surface area (Å²) in [5.41, 5.74) is 1.20. The van der Waals surface area contributed by atoms with Crippen LogP contribution in [0.2, 0.25) is 0 Å². The molecule has 6 nitrogen and oxygen atoms in total. The molecule has 27 heavy (non-hydrogen) atoms. The third kappa shape index (κ3) is 5.72. The van der Waals surface area contributed by atoms with E-state index in [2.05, 4.69) is 0 Å². The maximum Gasteiger partial charge on any atom is 0.232 e. The molecular weight excluding hydrogens is 364 g/mol. The van der Waals surface area contributed by atoms with E-state index in [1.54, 1.807) is 31.3 Å². The minimum Gasteiger partial charge on any atom is -0.489 e. The van der Waals surface area contributed by atoms with Crippen molar-refractivity contribution in [1.29, 1.82) is 0 Å². The molecule has 2 aromatic rings. The van der Waals surface area contributed by atoms with Crippen LogP contribution in [0.3, 0.4) is 0 Å². The SMILES string of the molecule is CC(C)Oc1ccccc1N(CCC(=O)N(C)c1ccccc1)S(C)(=O)=O. The molecule has 2 rings (SSSR count). The Bertz CT molecular complexity index is 867. The van der Waals surface area contributed by atoms with Gasteiger partial charge in [-0.15, -0.1) is 0 Å². The molecule has 0 saturated heterocycles. The topological polar surface area (TPSA) is 66.9 Å². The van der Waals surface area contributed by atoms with E-state index in [0.717, 1.165) is 11.9 Å². The van der Waals surface area contributed by atoms with Crippen LogP contribution in [0.25, 0.3) is 0 Å². The van der Waals surface area contributed by atoms with Crippen LogP contribution in [-0.2, 0) is 14.8 Å². The van der Waals surface area contributed by atoms with Crippen molar-refractivity contribution in [1.82, 2.24) is 0 Å². The molecule has 0 spiro atoms. The lowest BCUT2D eigenvalue weighted by Gasteiger charge is -2.26. The summed E-state index contributed by atoms with van der Waals surface area (Å²) in [5, 5.41) is 0. The molecule has 0 saturated carbocycles. The Morgan fingerprint density at radius 1 is 1.04 bits per heavy atom. The second-order valence-electron chi connectivity index (χ2n) is 6.51. The molecular formula is C20H26N2O4S. The van der Waals surface area contributed by atoms with Crippen molar-refractivity contribution in [2.45, 2.75) is 26.4 Å². The van der Waals surface area contributed by atoms with E-state index in [9.17, 15) is 13.2 Å². The molecule has 0 heterocycles. The van der Waals surface area contributed by atoms with Crippen molar-refractivity contribution in [2.24, 2.45) is 0 Å². The summed E-state index contributed by atoms with van der Waals surface area (Å²) in [6.45, 7) is 3.78. The van der Waals surface area contributed by atoms with E-state index in [4.69, 9.17) is 4.74 Å². The summed E-state index contributed by atoms with van der Waals surface area (Å²) in [5.74, 6) is 0.305. The second-order valence-corrected chi connectivity index (χ2v) is 8.41. The highest BCUT2D eigenvalue weighted by Gasteiger charge is 2.23. The first-order valence-electron chi connectivity index (χ1n) is 8.75. The van der Waals surface area contributed by atoms with E-state index >= 15 is 0 Å². The summed E-state index contributed by atoms with van der Waals surface area (Å²) >= 11 is 0. The maximum absolute atomic E-state index is 12.5. The minimum atomic E-state index is -3.58. The molecule has 0 aliphatic heterocycles. The fourth-order valence-electron chi connectivity index (χ4n) is 2.64. The highest BCUT2D eigenvalue weighted by Crippen LogP contribution is 2.31. The largest absolute Gasteiger partial charge is 0.489 e. The highest BCUT2D eigenvalue weighted by molar-refractivity contribution is 7.92. The van der Waals surface area contributed by atoms with Gasteiger partial charge < -0.3 is 9.64 Å². The zero-order valence-electron chi connectivity index (χ0n) is 16.1. The first-order chi connectivity index (χ1) is 12.7. The molecule has 0 atom stereocenters. The first kappa shape index (κ1) is 20.8. The minimum absolute atomic E-state index is 0.0350. The quantitative estimate of drug-likeness (QED) is 0.694. The summed E-state index contributed by atoms with van der Waals surface area (Å²) in [6.07, 6.45) is 1.08. The Morgan fingerprint density at radius 3 is 2.22 bits per heavy atom. The van der Waals surface area contributed by atoms with Crippen LogP contribution in [0.4, 0.5) is 11.4 Å². The Labute approximate surface area is 161 Å². The predicted molar refractivity (Wildman–Crippen MR) is 109 cm³/mol. The Kier molecular flexibility index (Phi) is 6.85. The third-order valence-corrected chi connectivity index (χ3v) is 5.12. The smallest absolute Gasteiger partial charge is 0.232 e. The van der Waals surface area contributed by atoms with Crippen LogP contribution in [0.1, 0.15) is 20.3 Å². The lowest BCUT2D eigenvalue weighted by atomic mass is 10.2. The number of nitrogens with zero attached hydrogens (tertiary/aromatic N) is 2. The number of carbonyl (C=O) groups is 1. The molecule has 146 valence electrons. The molecule has 1 amide bonds. The van der Waals surface area contributed by atoms with E-state index < -0.39 is 10.0 Å². The van der Waals surface area contributed by atoms with Gasteiger partial charge >= 0.3 is 0 Å². The zero-order chi connectivity index (χ0) is 20.0. The fraction of sp³-hybridized carbons (Fsp3) is 0.350. The Balaban J connectivity index is 2.21. The van der Waals surface area contributed by atoms with Crippen LogP contribution < -0.4 is 13.9 Å². The number of anilines is 2. The first-order valence-corrected chi connectivity index (χ1v) is 10.6. The van der Waals surface area contributed by atoms with Crippen LogP contribution in [0.5, 0.6) is 5.75 Å². The van der Waals surface area contributed by atoms with Gasteiger partial charge in [0.25, 0.3) is 0 Å². The van der Waals surface area contributed by atoms with E-state index in [1.165, 1.54) is 9.21 Å². The number of carbonyl (C=O) groups excluding carboxylic acids is 1. The number of sulfonamides is 1. The van der Waals surface area contributed by atoms with Crippen molar-refractivity contribution in [3.8, 4) is 5.75 Å². The summed E-state index contributed by atoms with van der Waals surface area (Å²) in [4.78, 5) is 14.1. The van der Waals surface area contributed by atoms with Crippen molar-refractivity contribution in [3.05, 3.63) is 54.6 Å². The van der Waals surface area contributed by atoms with E-state index in [0.29, 0.717) is 11.4 Å². The molecule has 0 unspecified atom stereocenters. The number of ether oxygens (including phenoxy) is 1. The van der Waals surface area contributed by atoms with Crippen LogP contribution in [-0.4, -0.2) is 40.3 Å². The van der Waals surface area contributed by atoms with Crippen LogP contribution in [0.15, 0.2) is 54.6 Å². The van der Waals surface area contributed by atoms with Crippen molar-refractivity contribution in [3.63, 3.8) is 0 Å². The number of para-hydroxylation sites is 3. The summed E-state index contributed by atoms with van der Waals surface area (Å²) in [6, 6.07) is 16.2. The molecule has 0 N–H and O–H groups in total. The maximum atomic E-state index is 12.5. The van der Waals surface area contributed by atoms with Gasteiger partial charge in [-0.05, 0) is 38.1 Å². The number of hydrogen-bond donors (Lipinski definition) is 0. The average molecular weight is 391 g/mol. The Hall–Kier alpha value is -2.54. The molecule has 0 aliphatic rings. The highest BCUT2D eigenvalue weighted by atomic mass is 32.2. The molecule has 0 bridgehead atoms. The van der Waals surface area contributed by atoms with E-state index in [-0.39, 0.29) is 25.0 Å². The average Bonchev–Trinajstić information content (AvgIpc) is 2.61. The van der Waals surface area contributed by atoms with Gasteiger partial charge in [0.1, 0.15) is 5.75 Å². The number of amides is 1. The van der Waals surface area contributed by atoms with E-state index in [1.807, 2.05) is 44.2 Å². The van der Waals surface area contributed by atoms with Crippen LogP contribution in [0, 0.1) is 0 Å². The molecule has 2 aromatic carbocycles. The zero-order valence-corrected chi connectivity index (χ0v) is 16.9. The molecule has 0 fully saturated rings. The van der Waals surface area contributed by atoms with Crippen molar-refractivity contribution >= 4 is 27.3 Å². The number of rotatable bonds is 8. The molecule has 7 heteroatoms. The lowest BCUT2D eigenvalue weighted by Crippen LogP contribution is -2.35. The lowest BCUT2D eigenvalue weighted by molar-refractivity contribution is -0.118. The number of benzene rings is 2.